The lowest BCUT2D eigenvalue weighted by Crippen LogP contribution is -2.44. The van der Waals surface area contributed by atoms with Crippen molar-refractivity contribution >= 4 is 35.6 Å². The average Bonchev–Trinajstić information content (AvgIpc) is 2.73. The van der Waals surface area contributed by atoms with Crippen molar-refractivity contribution in [1.29, 1.82) is 0 Å². The summed E-state index contributed by atoms with van der Waals surface area (Å²) in [6.07, 6.45) is 2.85. The number of para-hydroxylation sites is 1. The molecule has 0 amide bonds. The summed E-state index contributed by atoms with van der Waals surface area (Å²) in [5.74, 6) is 0.864. The van der Waals surface area contributed by atoms with Crippen molar-refractivity contribution in [3.63, 3.8) is 0 Å². The van der Waals surface area contributed by atoms with Crippen LogP contribution in [-0.4, -0.2) is 64.6 Å². The van der Waals surface area contributed by atoms with Gasteiger partial charge in [0.25, 0.3) is 0 Å². The molecule has 0 aliphatic carbocycles. The highest BCUT2D eigenvalue weighted by atomic mass is 127. The molecule has 7 heteroatoms. The van der Waals surface area contributed by atoms with E-state index >= 15 is 0 Å². The number of benzene rings is 1. The lowest BCUT2D eigenvalue weighted by atomic mass is 9.94. The zero-order chi connectivity index (χ0) is 19.4. The van der Waals surface area contributed by atoms with E-state index in [0.717, 1.165) is 64.6 Å². The van der Waals surface area contributed by atoms with Gasteiger partial charge in [0.2, 0.25) is 0 Å². The van der Waals surface area contributed by atoms with Gasteiger partial charge in [-0.25, -0.2) is 0 Å². The summed E-state index contributed by atoms with van der Waals surface area (Å²) in [4.78, 5) is 7.17. The highest BCUT2D eigenvalue weighted by molar-refractivity contribution is 14.0. The smallest absolute Gasteiger partial charge is 0.191 e. The van der Waals surface area contributed by atoms with Crippen molar-refractivity contribution in [1.82, 2.24) is 10.6 Å². The van der Waals surface area contributed by atoms with Gasteiger partial charge in [0.15, 0.2) is 5.96 Å². The summed E-state index contributed by atoms with van der Waals surface area (Å²) in [5.41, 5.74) is 1.09. The average molecular weight is 504 g/mol. The monoisotopic (exact) mass is 504 g/mol. The fourth-order valence-electron chi connectivity index (χ4n) is 3.32. The number of nitrogens with one attached hydrogen (secondary N) is 2. The minimum absolute atomic E-state index is 0. The van der Waals surface area contributed by atoms with Gasteiger partial charge in [0.1, 0.15) is 0 Å². The van der Waals surface area contributed by atoms with Crippen LogP contribution in [-0.2, 0) is 9.47 Å². The molecule has 0 unspecified atom stereocenters. The standard InChI is InChI=1S/C21H36N4O2.HI/c1-4-22-20(24-18-21(26-3)12-16-27-17-13-21)23-14-9-15-25(5-2)19-10-7-6-8-11-19;/h6-8,10-11H,4-5,9,12-18H2,1-3H3,(H2,22,23,24);1H. The number of methoxy groups -OCH3 is 1. The van der Waals surface area contributed by atoms with E-state index in [9.17, 15) is 0 Å². The molecule has 0 saturated carbocycles. The fraction of sp³-hybridized carbons (Fsp3) is 0.667. The molecular formula is C21H37IN4O2. The number of rotatable bonds is 10. The zero-order valence-electron chi connectivity index (χ0n) is 17.6. The van der Waals surface area contributed by atoms with E-state index in [4.69, 9.17) is 14.5 Å². The molecule has 160 valence electrons. The second-order valence-electron chi connectivity index (χ2n) is 6.89. The van der Waals surface area contributed by atoms with Crippen molar-refractivity contribution in [2.45, 2.75) is 38.7 Å². The largest absolute Gasteiger partial charge is 0.381 e. The van der Waals surface area contributed by atoms with Crippen LogP contribution in [0.1, 0.15) is 33.1 Å². The number of guanidine groups is 1. The second kappa shape index (κ2) is 14.0. The normalized spacial score (nSPS) is 16.2. The fourth-order valence-corrected chi connectivity index (χ4v) is 3.32. The Labute approximate surface area is 187 Å². The molecule has 1 aliphatic heterocycles. The number of ether oxygens (including phenoxy) is 2. The highest BCUT2D eigenvalue weighted by Crippen LogP contribution is 2.24. The van der Waals surface area contributed by atoms with E-state index in [1.54, 1.807) is 7.11 Å². The Morgan fingerprint density at radius 2 is 1.89 bits per heavy atom. The molecule has 1 aromatic rings. The Morgan fingerprint density at radius 1 is 1.18 bits per heavy atom. The van der Waals surface area contributed by atoms with Crippen LogP contribution in [0.3, 0.4) is 0 Å². The van der Waals surface area contributed by atoms with Crippen molar-refractivity contribution in [3.8, 4) is 0 Å². The van der Waals surface area contributed by atoms with Gasteiger partial charge in [-0.3, -0.25) is 4.99 Å². The van der Waals surface area contributed by atoms with Crippen LogP contribution < -0.4 is 15.5 Å². The molecule has 6 nitrogen and oxygen atoms in total. The molecule has 0 spiro atoms. The second-order valence-corrected chi connectivity index (χ2v) is 6.89. The van der Waals surface area contributed by atoms with Crippen LogP contribution >= 0.6 is 24.0 Å². The van der Waals surface area contributed by atoms with Crippen LogP contribution in [0.15, 0.2) is 35.3 Å². The minimum Gasteiger partial charge on any atom is -0.381 e. The van der Waals surface area contributed by atoms with Crippen molar-refractivity contribution in [2.24, 2.45) is 4.99 Å². The molecule has 0 aromatic heterocycles. The molecule has 0 radical (unpaired) electrons. The summed E-state index contributed by atoms with van der Waals surface area (Å²) in [6, 6.07) is 10.6. The molecule has 1 saturated heterocycles. The molecule has 1 fully saturated rings. The van der Waals surface area contributed by atoms with Gasteiger partial charge >= 0.3 is 0 Å². The third kappa shape index (κ3) is 8.13. The van der Waals surface area contributed by atoms with E-state index in [-0.39, 0.29) is 29.6 Å². The Kier molecular flexibility index (Phi) is 12.5. The van der Waals surface area contributed by atoms with Gasteiger partial charge in [-0.1, -0.05) is 18.2 Å². The molecule has 2 rings (SSSR count). The minimum atomic E-state index is -0.188. The maximum atomic E-state index is 5.78. The highest BCUT2D eigenvalue weighted by Gasteiger charge is 2.32. The van der Waals surface area contributed by atoms with Crippen LogP contribution in [0, 0.1) is 0 Å². The lowest BCUT2D eigenvalue weighted by Gasteiger charge is -2.34. The Balaban J connectivity index is 0.00000392. The number of hydrogen-bond donors (Lipinski definition) is 2. The van der Waals surface area contributed by atoms with Crippen LogP contribution in [0.4, 0.5) is 5.69 Å². The summed E-state index contributed by atoms with van der Waals surface area (Å²) < 4.78 is 11.2. The summed E-state index contributed by atoms with van der Waals surface area (Å²) in [7, 11) is 1.78. The molecule has 1 aromatic carbocycles. The van der Waals surface area contributed by atoms with Crippen molar-refractivity contribution in [2.75, 3.05) is 57.9 Å². The summed E-state index contributed by atoms with van der Waals surface area (Å²) >= 11 is 0. The van der Waals surface area contributed by atoms with Gasteiger partial charge in [-0.2, -0.15) is 0 Å². The maximum absolute atomic E-state index is 5.78. The van der Waals surface area contributed by atoms with E-state index in [1.807, 2.05) is 0 Å². The number of halogens is 1. The van der Waals surface area contributed by atoms with Gasteiger partial charge in [-0.05, 0) is 32.4 Å². The van der Waals surface area contributed by atoms with E-state index in [0.29, 0.717) is 6.54 Å². The Bertz CT molecular complexity index is 551. The number of nitrogens with zero attached hydrogens (tertiary/aromatic N) is 2. The summed E-state index contributed by atoms with van der Waals surface area (Å²) in [5, 5.41) is 6.79. The molecule has 0 bridgehead atoms. The van der Waals surface area contributed by atoms with Gasteiger partial charge in [0.05, 0.1) is 12.1 Å². The Morgan fingerprint density at radius 3 is 2.50 bits per heavy atom. The van der Waals surface area contributed by atoms with Gasteiger partial charge in [0, 0.05) is 65.0 Å². The first-order valence-electron chi connectivity index (χ1n) is 10.2. The van der Waals surface area contributed by atoms with E-state index < -0.39 is 0 Å². The quantitative estimate of drug-likeness (QED) is 0.222. The third-order valence-corrected chi connectivity index (χ3v) is 5.11. The maximum Gasteiger partial charge on any atom is 0.191 e. The number of hydrogen-bond acceptors (Lipinski definition) is 4. The molecule has 1 heterocycles. The Hall–Kier alpha value is -1.06. The lowest BCUT2D eigenvalue weighted by molar-refractivity contribution is -0.0828. The molecular weight excluding hydrogens is 467 g/mol. The first-order chi connectivity index (χ1) is 13.2. The van der Waals surface area contributed by atoms with Crippen LogP contribution in [0.5, 0.6) is 0 Å². The van der Waals surface area contributed by atoms with Crippen LogP contribution in [0.2, 0.25) is 0 Å². The zero-order valence-corrected chi connectivity index (χ0v) is 19.9. The third-order valence-electron chi connectivity index (χ3n) is 5.11. The topological polar surface area (TPSA) is 58.1 Å². The van der Waals surface area contributed by atoms with Gasteiger partial charge < -0.3 is 25.0 Å². The predicted octanol–water partition coefficient (Wildman–Crippen LogP) is 3.27. The van der Waals surface area contributed by atoms with Crippen molar-refractivity contribution < 1.29 is 9.47 Å². The first-order valence-corrected chi connectivity index (χ1v) is 10.2. The van der Waals surface area contributed by atoms with E-state index in [1.165, 1.54) is 5.69 Å². The first kappa shape index (κ1) is 25.0. The molecule has 1 aliphatic rings. The molecule has 2 N–H and O–H groups in total. The van der Waals surface area contributed by atoms with Crippen LogP contribution in [0.25, 0.3) is 0 Å². The number of aliphatic imine (C=N–C) groups is 1. The van der Waals surface area contributed by atoms with E-state index in [2.05, 4.69) is 59.7 Å². The van der Waals surface area contributed by atoms with Gasteiger partial charge in [-0.15, -0.1) is 24.0 Å². The molecule has 0 atom stereocenters. The number of anilines is 1. The summed E-state index contributed by atoms with van der Waals surface area (Å²) in [6.45, 7) is 10.2. The SMILES string of the molecule is CCNC(=NCC1(OC)CCOCC1)NCCCN(CC)c1ccccc1.I. The van der Waals surface area contributed by atoms with Crippen molar-refractivity contribution in [3.05, 3.63) is 30.3 Å². The molecule has 28 heavy (non-hydrogen) atoms. The predicted molar refractivity (Wildman–Crippen MR) is 128 cm³/mol.